The van der Waals surface area contributed by atoms with Crippen molar-refractivity contribution in [2.75, 3.05) is 13.7 Å². The van der Waals surface area contributed by atoms with E-state index in [4.69, 9.17) is 9.47 Å². The lowest BCUT2D eigenvalue weighted by Gasteiger charge is -2.36. The number of ether oxygens (including phenoxy) is 2. The maximum Gasteiger partial charge on any atom is 0.196 e. The van der Waals surface area contributed by atoms with E-state index in [9.17, 15) is 4.79 Å². The predicted octanol–water partition coefficient (Wildman–Crippen LogP) is 3.65. The Morgan fingerprint density at radius 1 is 1.38 bits per heavy atom. The molecule has 0 aliphatic heterocycles. The summed E-state index contributed by atoms with van der Waals surface area (Å²) in [5.41, 5.74) is -0.0996. The van der Waals surface area contributed by atoms with Gasteiger partial charge in [-0.3, -0.25) is 9.78 Å². The summed E-state index contributed by atoms with van der Waals surface area (Å²) in [4.78, 5) is 17.0. The second kappa shape index (κ2) is 7.03. The van der Waals surface area contributed by atoms with Crippen molar-refractivity contribution in [3.63, 3.8) is 0 Å². The molecule has 1 aromatic heterocycles. The molecule has 0 spiro atoms. The molecule has 1 aromatic rings. The Morgan fingerprint density at radius 3 is 2.71 bits per heavy atom. The first-order chi connectivity index (χ1) is 10.1. The van der Waals surface area contributed by atoms with Gasteiger partial charge in [0.25, 0.3) is 0 Å². The Morgan fingerprint density at radius 2 is 2.10 bits per heavy atom. The summed E-state index contributed by atoms with van der Waals surface area (Å²) in [6.07, 6.45) is 7.80. The first-order valence-electron chi connectivity index (χ1n) is 7.79. The van der Waals surface area contributed by atoms with E-state index in [1.807, 2.05) is 6.92 Å². The molecule has 1 fully saturated rings. The fraction of sp³-hybridized carbons (Fsp3) is 0.647. The van der Waals surface area contributed by atoms with E-state index in [1.54, 1.807) is 25.6 Å². The molecular weight excluding hydrogens is 266 g/mol. The van der Waals surface area contributed by atoms with Crippen LogP contribution >= 0.6 is 0 Å². The van der Waals surface area contributed by atoms with Gasteiger partial charge in [0.05, 0.1) is 12.8 Å². The van der Waals surface area contributed by atoms with Gasteiger partial charge in [0.1, 0.15) is 11.4 Å². The normalized spacial score (nSPS) is 25.6. The molecule has 0 amide bonds. The van der Waals surface area contributed by atoms with Crippen molar-refractivity contribution < 1.29 is 14.3 Å². The van der Waals surface area contributed by atoms with Crippen molar-refractivity contribution in [1.82, 2.24) is 4.98 Å². The molecule has 0 aromatic carbocycles. The highest BCUT2D eigenvalue weighted by molar-refractivity contribution is 6.02. The van der Waals surface area contributed by atoms with Crippen LogP contribution in [-0.4, -0.2) is 30.1 Å². The van der Waals surface area contributed by atoms with E-state index >= 15 is 0 Å². The molecule has 0 atom stereocenters. The molecule has 1 heterocycles. The minimum atomic E-state index is -0.683. The van der Waals surface area contributed by atoms with Crippen LogP contribution in [0.15, 0.2) is 18.5 Å². The fourth-order valence-corrected chi connectivity index (χ4v) is 2.86. The smallest absolute Gasteiger partial charge is 0.196 e. The van der Waals surface area contributed by atoms with E-state index in [0.717, 1.165) is 32.1 Å². The maximum absolute atomic E-state index is 12.9. The molecule has 116 valence electrons. The predicted molar refractivity (Wildman–Crippen MR) is 81.7 cm³/mol. The van der Waals surface area contributed by atoms with Gasteiger partial charge in [-0.05, 0) is 44.1 Å². The van der Waals surface area contributed by atoms with E-state index < -0.39 is 5.60 Å². The lowest BCUT2D eigenvalue weighted by molar-refractivity contribution is -0.0263. The highest BCUT2D eigenvalue weighted by Crippen LogP contribution is 2.37. The van der Waals surface area contributed by atoms with Crippen molar-refractivity contribution >= 4 is 5.78 Å². The molecular formula is C17H25NO3. The van der Waals surface area contributed by atoms with Crippen LogP contribution in [0.4, 0.5) is 0 Å². The van der Waals surface area contributed by atoms with Crippen LogP contribution in [0.5, 0.6) is 5.75 Å². The summed E-state index contributed by atoms with van der Waals surface area (Å²) < 4.78 is 11.2. The number of nitrogens with zero attached hydrogens (tertiary/aromatic N) is 1. The lowest BCUT2D eigenvalue weighted by atomic mass is 9.75. The van der Waals surface area contributed by atoms with Gasteiger partial charge in [-0.1, -0.05) is 13.8 Å². The first kappa shape index (κ1) is 16.0. The molecule has 1 saturated carbocycles. The standard InChI is InChI=1S/C17H25NO3/c1-4-9-21-15-10-14(11-18-12-15)16(19)17(20-3)7-5-13(2)6-8-17/h10-13H,4-9H2,1-3H3. The minimum absolute atomic E-state index is 0.0337. The highest BCUT2D eigenvalue weighted by atomic mass is 16.5. The molecule has 4 nitrogen and oxygen atoms in total. The topological polar surface area (TPSA) is 48.4 Å². The molecule has 1 aliphatic rings. The number of hydrogen-bond donors (Lipinski definition) is 0. The summed E-state index contributed by atoms with van der Waals surface area (Å²) in [6.45, 7) is 4.91. The van der Waals surface area contributed by atoms with Crippen molar-refractivity contribution in [2.24, 2.45) is 5.92 Å². The van der Waals surface area contributed by atoms with Crippen molar-refractivity contribution in [1.29, 1.82) is 0 Å². The summed E-state index contributed by atoms with van der Waals surface area (Å²) in [5.74, 6) is 1.35. The second-order valence-corrected chi connectivity index (χ2v) is 5.97. The number of aromatic nitrogens is 1. The zero-order valence-corrected chi connectivity index (χ0v) is 13.2. The fourth-order valence-electron chi connectivity index (χ4n) is 2.86. The summed E-state index contributed by atoms with van der Waals surface area (Å²) in [6, 6.07) is 1.78. The van der Waals surface area contributed by atoms with Crippen molar-refractivity contribution in [3.8, 4) is 5.75 Å². The highest BCUT2D eigenvalue weighted by Gasteiger charge is 2.41. The van der Waals surface area contributed by atoms with E-state index in [0.29, 0.717) is 23.8 Å². The van der Waals surface area contributed by atoms with Gasteiger partial charge >= 0.3 is 0 Å². The van der Waals surface area contributed by atoms with Crippen LogP contribution in [-0.2, 0) is 4.74 Å². The Hall–Kier alpha value is -1.42. The number of carbonyl (C=O) groups is 1. The number of rotatable bonds is 6. The van der Waals surface area contributed by atoms with Crippen LogP contribution in [0.1, 0.15) is 56.3 Å². The molecule has 0 saturated heterocycles. The minimum Gasteiger partial charge on any atom is -0.492 e. The molecule has 0 bridgehead atoms. The van der Waals surface area contributed by atoms with Gasteiger partial charge in [-0.2, -0.15) is 0 Å². The van der Waals surface area contributed by atoms with E-state index in [-0.39, 0.29) is 5.78 Å². The average Bonchev–Trinajstić information content (AvgIpc) is 2.53. The largest absolute Gasteiger partial charge is 0.492 e. The van der Waals surface area contributed by atoms with Crippen molar-refractivity contribution in [2.45, 2.75) is 51.6 Å². The van der Waals surface area contributed by atoms with E-state index in [1.165, 1.54) is 0 Å². The van der Waals surface area contributed by atoms with Gasteiger partial charge in [0.2, 0.25) is 0 Å². The Kier molecular flexibility index (Phi) is 5.34. The number of ketones is 1. The SMILES string of the molecule is CCCOc1cncc(C(=O)C2(OC)CCC(C)CC2)c1. The zero-order valence-electron chi connectivity index (χ0n) is 13.2. The third-order valence-electron chi connectivity index (χ3n) is 4.33. The third-order valence-corrected chi connectivity index (χ3v) is 4.33. The van der Waals surface area contributed by atoms with Gasteiger partial charge in [0, 0.05) is 18.9 Å². The summed E-state index contributed by atoms with van der Waals surface area (Å²) in [7, 11) is 1.64. The monoisotopic (exact) mass is 291 g/mol. The van der Waals surface area contributed by atoms with Crippen LogP contribution < -0.4 is 4.74 Å². The Labute approximate surface area is 126 Å². The van der Waals surface area contributed by atoms with Crippen LogP contribution in [0, 0.1) is 5.92 Å². The molecule has 21 heavy (non-hydrogen) atoms. The number of hydrogen-bond acceptors (Lipinski definition) is 4. The van der Waals surface area contributed by atoms with Crippen LogP contribution in [0.2, 0.25) is 0 Å². The van der Waals surface area contributed by atoms with Gasteiger partial charge in [0.15, 0.2) is 5.78 Å². The molecule has 0 N–H and O–H groups in total. The van der Waals surface area contributed by atoms with Crippen molar-refractivity contribution in [3.05, 3.63) is 24.0 Å². The summed E-state index contributed by atoms with van der Waals surface area (Å²) in [5, 5.41) is 0. The van der Waals surface area contributed by atoms with Gasteiger partial charge in [-0.25, -0.2) is 0 Å². The maximum atomic E-state index is 12.9. The van der Waals surface area contributed by atoms with Gasteiger partial charge in [-0.15, -0.1) is 0 Å². The number of Topliss-reactive ketones (excluding diaryl/α,β-unsaturated/α-hetero) is 1. The number of pyridine rings is 1. The molecule has 2 rings (SSSR count). The Bertz CT molecular complexity index is 479. The van der Waals surface area contributed by atoms with Crippen LogP contribution in [0.25, 0.3) is 0 Å². The first-order valence-corrected chi connectivity index (χ1v) is 7.79. The number of methoxy groups -OCH3 is 1. The van der Waals surface area contributed by atoms with E-state index in [2.05, 4.69) is 11.9 Å². The molecule has 0 radical (unpaired) electrons. The summed E-state index contributed by atoms with van der Waals surface area (Å²) >= 11 is 0. The average molecular weight is 291 g/mol. The second-order valence-electron chi connectivity index (χ2n) is 5.97. The zero-order chi connectivity index (χ0) is 15.3. The molecule has 4 heteroatoms. The molecule has 0 unspecified atom stereocenters. The lowest BCUT2D eigenvalue weighted by Crippen LogP contribution is -2.43. The quantitative estimate of drug-likeness (QED) is 0.751. The van der Waals surface area contributed by atoms with Crippen LogP contribution in [0.3, 0.4) is 0 Å². The molecule has 1 aliphatic carbocycles. The van der Waals surface area contributed by atoms with Gasteiger partial charge < -0.3 is 9.47 Å². The Balaban J connectivity index is 2.17. The number of carbonyl (C=O) groups excluding carboxylic acids is 1. The third kappa shape index (κ3) is 3.62.